The summed E-state index contributed by atoms with van der Waals surface area (Å²) >= 11 is 0. The SMILES string of the molecule is COC(=O)C[C@@H](CN)c1cccc(F)c1. The van der Waals surface area contributed by atoms with Crippen LogP contribution in [0.5, 0.6) is 0 Å². The molecule has 0 bridgehead atoms. The molecule has 0 aliphatic rings. The predicted octanol–water partition coefficient (Wildman–Crippen LogP) is 1.43. The molecule has 15 heavy (non-hydrogen) atoms. The molecule has 1 rings (SSSR count). The second-order valence-corrected chi connectivity index (χ2v) is 3.27. The van der Waals surface area contributed by atoms with Crippen molar-refractivity contribution in [2.24, 2.45) is 5.73 Å². The first kappa shape index (κ1) is 11.7. The molecule has 82 valence electrons. The second-order valence-electron chi connectivity index (χ2n) is 3.27. The van der Waals surface area contributed by atoms with Crippen LogP contribution in [0, 0.1) is 5.82 Å². The average Bonchev–Trinajstić information content (AvgIpc) is 2.25. The zero-order valence-corrected chi connectivity index (χ0v) is 8.57. The van der Waals surface area contributed by atoms with E-state index < -0.39 is 0 Å². The van der Waals surface area contributed by atoms with Crippen molar-refractivity contribution in [2.75, 3.05) is 13.7 Å². The minimum Gasteiger partial charge on any atom is -0.469 e. The Hall–Kier alpha value is -1.42. The highest BCUT2D eigenvalue weighted by molar-refractivity contribution is 5.70. The summed E-state index contributed by atoms with van der Waals surface area (Å²) in [7, 11) is 1.32. The molecular weight excluding hydrogens is 197 g/mol. The number of carbonyl (C=O) groups is 1. The van der Waals surface area contributed by atoms with Crippen LogP contribution in [0.1, 0.15) is 17.9 Å². The van der Waals surface area contributed by atoms with Crippen molar-refractivity contribution in [1.82, 2.24) is 0 Å². The van der Waals surface area contributed by atoms with E-state index in [4.69, 9.17) is 5.73 Å². The molecule has 0 saturated heterocycles. The number of esters is 1. The van der Waals surface area contributed by atoms with Crippen molar-refractivity contribution in [3.8, 4) is 0 Å². The van der Waals surface area contributed by atoms with Gasteiger partial charge in [-0.05, 0) is 24.2 Å². The Bertz CT molecular complexity index is 341. The fourth-order valence-electron chi connectivity index (χ4n) is 1.38. The van der Waals surface area contributed by atoms with Crippen LogP contribution in [-0.4, -0.2) is 19.6 Å². The van der Waals surface area contributed by atoms with Gasteiger partial charge in [-0.2, -0.15) is 0 Å². The highest BCUT2D eigenvalue weighted by atomic mass is 19.1. The topological polar surface area (TPSA) is 52.3 Å². The molecule has 2 N–H and O–H groups in total. The number of halogens is 1. The minimum atomic E-state index is -0.338. The molecule has 3 nitrogen and oxygen atoms in total. The molecule has 1 aromatic rings. The third kappa shape index (κ3) is 3.32. The van der Waals surface area contributed by atoms with Crippen LogP contribution in [0.4, 0.5) is 4.39 Å². The van der Waals surface area contributed by atoms with E-state index in [2.05, 4.69) is 4.74 Å². The molecule has 0 unspecified atom stereocenters. The summed E-state index contributed by atoms with van der Waals surface area (Å²) in [5.41, 5.74) is 6.25. The summed E-state index contributed by atoms with van der Waals surface area (Å²) in [6, 6.07) is 6.10. The molecule has 0 spiro atoms. The van der Waals surface area contributed by atoms with Crippen LogP contribution >= 0.6 is 0 Å². The molecule has 0 radical (unpaired) electrons. The van der Waals surface area contributed by atoms with Crippen LogP contribution < -0.4 is 5.73 Å². The number of rotatable bonds is 4. The number of benzene rings is 1. The highest BCUT2D eigenvalue weighted by Crippen LogP contribution is 2.19. The molecule has 1 atom stereocenters. The normalized spacial score (nSPS) is 12.2. The number of hydrogen-bond donors (Lipinski definition) is 1. The zero-order valence-electron chi connectivity index (χ0n) is 8.57. The Balaban J connectivity index is 2.78. The zero-order chi connectivity index (χ0) is 11.3. The average molecular weight is 211 g/mol. The van der Waals surface area contributed by atoms with Gasteiger partial charge in [0.25, 0.3) is 0 Å². The van der Waals surface area contributed by atoms with Gasteiger partial charge in [0.05, 0.1) is 13.5 Å². The van der Waals surface area contributed by atoms with Crippen LogP contribution in [0.2, 0.25) is 0 Å². The highest BCUT2D eigenvalue weighted by Gasteiger charge is 2.15. The second kappa shape index (κ2) is 5.46. The summed E-state index contributed by atoms with van der Waals surface area (Å²) < 4.78 is 17.5. The summed E-state index contributed by atoms with van der Waals surface area (Å²) in [6.07, 6.45) is 0.177. The lowest BCUT2D eigenvalue weighted by Crippen LogP contribution is -2.17. The van der Waals surface area contributed by atoms with Gasteiger partial charge in [0.1, 0.15) is 5.82 Å². The quantitative estimate of drug-likeness (QED) is 0.766. The van der Waals surface area contributed by atoms with E-state index in [9.17, 15) is 9.18 Å². The monoisotopic (exact) mass is 211 g/mol. The number of methoxy groups -OCH3 is 1. The minimum absolute atomic E-state index is 0.177. The molecule has 0 saturated carbocycles. The van der Waals surface area contributed by atoms with E-state index >= 15 is 0 Å². The van der Waals surface area contributed by atoms with E-state index in [1.54, 1.807) is 12.1 Å². The van der Waals surface area contributed by atoms with Gasteiger partial charge in [-0.3, -0.25) is 4.79 Å². The van der Waals surface area contributed by atoms with Gasteiger partial charge < -0.3 is 10.5 Å². The van der Waals surface area contributed by atoms with Gasteiger partial charge in [-0.15, -0.1) is 0 Å². The van der Waals surface area contributed by atoms with Crippen molar-refractivity contribution in [1.29, 1.82) is 0 Å². The summed E-state index contributed by atoms with van der Waals surface area (Å²) in [5, 5.41) is 0. The lowest BCUT2D eigenvalue weighted by Gasteiger charge is -2.13. The molecule has 0 amide bonds. The van der Waals surface area contributed by atoms with Gasteiger partial charge in [0.15, 0.2) is 0 Å². The lowest BCUT2D eigenvalue weighted by atomic mass is 9.96. The number of hydrogen-bond acceptors (Lipinski definition) is 3. The molecule has 0 aromatic heterocycles. The summed E-state index contributed by atoms with van der Waals surface area (Å²) in [5.74, 6) is -0.848. The predicted molar refractivity (Wildman–Crippen MR) is 54.8 cm³/mol. The molecular formula is C11H14FNO2. The first-order chi connectivity index (χ1) is 7.17. The standard InChI is InChI=1S/C11H14FNO2/c1-15-11(14)6-9(7-13)8-3-2-4-10(12)5-8/h2-5,9H,6-7,13H2,1H3/t9-/m0/s1. The Morgan fingerprint density at radius 3 is 2.87 bits per heavy atom. The van der Waals surface area contributed by atoms with Gasteiger partial charge >= 0.3 is 5.97 Å². The maximum atomic E-state index is 12.9. The maximum absolute atomic E-state index is 12.9. The Morgan fingerprint density at radius 2 is 2.33 bits per heavy atom. The first-order valence-electron chi connectivity index (χ1n) is 4.69. The fourth-order valence-corrected chi connectivity index (χ4v) is 1.38. The summed E-state index contributed by atoms with van der Waals surface area (Å²) in [6.45, 7) is 0.290. The van der Waals surface area contributed by atoms with Crippen molar-refractivity contribution in [2.45, 2.75) is 12.3 Å². The van der Waals surface area contributed by atoms with Crippen molar-refractivity contribution in [3.05, 3.63) is 35.6 Å². The van der Waals surface area contributed by atoms with E-state index in [1.807, 2.05) is 0 Å². The van der Waals surface area contributed by atoms with Crippen LogP contribution in [0.15, 0.2) is 24.3 Å². The van der Waals surface area contributed by atoms with Crippen LogP contribution in [0.25, 0.3) is 0 Å². The maximum Gasteiger partial charge on any atom is 0.306 e. The third-order valence-electron chi connectivity index (χ3n) is 2.25. The largest absolute Gasteiger partial charge is 0.469 e. The van der Waals surface area contributed by atoms with Gasteiger partial charge in [0, 0.05) is 5.92 Å². The summed E-state index contributed by atoms with van der Waals surface area (Å²) in [4.78, 5) is 11.1. The number of nitrogens with two attached hydrogens (primary N) is 1. The molecule has 4 heteroatoms. The van der Waals surface area contributed by atoms with E-state index in [-0.39, 0.29) is 24.1 Å². The Kier molecular flexibility index (Phi) is 4.24. The molecule has 0 aliphatic heterocycles. The van der Waals surface area contributed by atoms with Crippen LogP contribution in [0.3, 0.4) is 0 Å². The Morgan fingerprint density at radius 1 is 1.60 bits per heavy atom. The van der Waals surface area contributed by atoms with Gasteiger partial charge in [-0.25, -0.2) is 4.39 Å². The van der Waals surface area contributed by atoms with Crippen LogP contribution in [-0.2, 0) is 9.53 Å². The number of ether oxygens (including phenoxy) is 1. The molecule has 0 heterocycles. The van der Waals surface area contributed by atoms with E-state index in [0.29, 0.717) is 6.54 Å². The lowest BCUT2D eigenvalue weighted by molar-refractivity contribution is -0.141. The van der Waals surface area contributed by atoms with E-state index in [1.165, 1.54) is 19.2 Å². The van der Waals surface area contributed by atoms with Crippen molar-refractivity contribution >= 4 is 5.97 Å². The third-order valence-corrected chi connectivity index (χ3v) is 2.25. The van der Waals surface area contributed by atoms with Gasteiger partial charge in [-0.1, -0.05) is 12.1 Å². The smallest absolute Gasteiger partial charge is 0.306 e. The van der Waals surface area contributed by atoms with Crippen molar-refractivity contribution in [3.63, 3.8) is 0 Å². The van der Waals surface area contributed by atoms with Crippen molar-refractivity contribution < 1.29 is 13.9 Å². The molecule has 0 fully saturated rings. The molecule has 0 aliphatic carbocycles. The van der Waals surface area contributed by atoms with Gasteiger partial charge in [0.2, 0.25) is 0 Å². The first-order valence-corrected chi connectivity index (χ1v) is 4.69. The fraction of sp³-hybridized carbons (Fsp3) is 0.364. The van der Waals surface area contributed by atoms with E-state index in [0.717, 1.165) is 5.56 Å². The Labute approximate surface area is 88.0 Å². The number of carbonyl (C=O) groups excluding carboxylic acids is 1. The molecule has 1 aromatic carbocycles.